The molecule has 2 aromatic carbocycles. The Balaban J connectivity index is 0.000000172. The maximum absolute atomic E-state index is 10.6. The van der Waals surface area contributed by atoms with Crippen LogP contribution in [0.25, 0.3) is 24.3 Å². The molecule has 0 saturated carbocycles. The second-order valence-corrected chi connectivity index (χ2v) is 9.12. The minimum Gasteiger partial charge on any atom is -0.475 e. The molecule has 2 aromatic heterocycles. The van der Waals surface area contributed by atoms with Crippen molar-refractivity contribution in [2.75, 3.05) is 0 Å². The Bertz CT molecular complexity index is 1450. The maximum Gasteiger partial charge on any atom is 0.490 e. The number of rotatable bonds is 0. The lowest BCUT2D eigenvalue weighted by molar-refractivity contribution is -0.193. The number of hydrogen-bond acceptors (Lipinski definition) is 4. The van der Waals surface area contributed by atoms with E-state index in [-0.39, 0.29) is 0 Å². The molecule has 6 rings (SSSR count). The molecule has 0 unspecified atom stereocenters. The van der Waals surface area contributed by atoms with Crippen molar-refractivity contribution in [2.45, 2.75) is 25.2 Å². The first-order chi connectivity index (χ1) is 20.8. The number of nitrogens with zero attached hydrogens (tertiary/aromatic N) is 2. The van der Waals surface area contributed by atoms with Crippen LogP contribution in [0.5, 0.6) is 0 Å². The highest BCUT2D eigenvalue weighted by Gasteiger charge is 2.38. The molecule has 0 fully saturated rings. The zero-order valence-corrected chi connectivity index (χ0v) is 22.7. The number of aromatic nitrogens is 2. The molecule has 44 heavy (non-hydrogen) atoms. The first-order valence-corrected chi connectivity index (χ1v) is 12.8. The van der Waals surface area contributed by atoms with Crippen molar-refractivity contribution in [3.05, 3.63) is 130 Å². The molecule has 0 radical (unpaired) electrons. The standard InChI is InChI=1S/2C14H11N.2C2HF3O2/c2*1-2-5-12-10-13-6-3-9-15-14(13)8-7-11(12)4-1;2*3-2(4,5)1(6)7/h2*1-9H,10H2;2*(H,6,7). The van der Waals surface area contributed by atoms with Crippen molar-refractivity contribution in [3.8, 4) is 0 Å². The summed E-state index contributed by atoms with van der Waals surface area (Å²) in [5.41, 5.74) is 10.1. The van der Waals surface area contributed by atoms with Crippen molar-refractivity contribution >= 4 is 36.2 Å². The Morgan fingerprint density at radius 2 is 0.841 bits per heavy atom. The highest BCUT2D eigenvalue weighted by molar-refractivity contribution is 5.75. The number of carboxylic acid groups (broad SMARTS) is 2. The van der Waals surface area contributed by atoms with E-state index >= 15 is 0 Å². The van der Waals surface area contributed by atoms with Crippen LogP contribution in [0.1, 0.15) is 44.8 Å². The van der Waals surface area contributed by atoms with Gasteiger partial charge in [0.25, 0.3) is 0 Å². The fourth-order valence-electron chi connectivity index (χ4n) is 3.96. The van der Waals surface area contributed by atoms with E-state index in [0.29, 0.717) is 0 Å². The average molecular weight is 615 g/mol. The number of alkyl halides is 6. The van der Waals surface area contributed by atoms with Crippen LogP contribution in [0, 0.1) is 0 Å². The van der Waals surface area contributed by atoms with Crippen LogP contribution in [-0.2, 0) is 22.4 Å². The monoisotopic (exact) mass is 614 g/mol. The number of benzene rings is 2. The van der Waals surface area contributed by atoms with Crippen LogP contribution < -0.4 is 0 Å². The number of pyridine rings is 2. The van der Waals surface area contributed by atoms with Gasteiger partial charge in [-0.05, 0) is 57.7 Å². The molecule has 6 nitrogen and oxygen atoms in total. The van der Waals surface area contributed by atoms with Crippen molar-refractivity contribution < 1.29 is 46.1 Å². The molecule has 4 aromatic rings. The summed E-state index contributed by atoms with van der Waals surface area (Å²) in [5.74, 6) is -5.51. The Morgan fingerprint density at radius 3 is 1.18 bits per heavy atom. The Hall–Kier alpha value is -5.26. The molecule has 0 aliphatic heterocycles. The van der Waals surface area contributed by atoms with Gasteiger partial charge in [0.15, 0.2) is 0 Å². The summed E-state index contributed by atoms with van der Waals surface area (Å²) in [5, 5.41) is 14.2. The van der Waals surface area contributed by atoms with E-state index in [0.717, 1.165) is 24.2 Å². The number of carbonyl (C=O) groups is 2. The molecule has 2 N–H and O–H groups in total. The molecule has 12 heteroatoms. The van der Waals surface area contributed by atoms with Crippen LogP contribution in [0.2, 0.25) is 0 Å². The number of aliphatic carboxylic acids is 2. The fourth-order valence-corrected chi connectivity index (χ4v) is 3.96. The quantitative estimate of drug-likeness (QED) is 0.171. The van der Waals surface area contributed by atoms with Crippen LogP contribution in [0.4, 0.5) is 26.3 Å². The number of hydrogen-bond donors (Lipinski definition) is 2. The van der Waals surface area contributed by atoms with Crippen molar-refractivity contribution in [2.24, 2.45) is 0 Å². The summed E-state index contributed by atoms with van der Waals surface area (Å²) in [6, 6.07) is 25.3. The van der Waals surface area contributed by atoms with Crippen molar-refractivity contribution in [3.63, 3.8) is 0 Å². The van der Waals surface area contributed by atoms with Crippen molar-refractivity contribution in [1.82, 2.24) is 9.97 Å². The summed E-state index contributed by atoms with van der Waals surface area (Å²) in [6.07, 6.45) is 3.97. The lowest BCUT2D eigenvalue weighted by Crippen LogP contribution is -2.21. The van der Waals surface area contributed by atoms with Gasteiger partial charge in [-0.2, -0.15) is 26.3 Å². The van der Waals surface area contributed by atoms with Gasteiger partial charge < -0.3 is 10.2 Å². The summed E-state index contributed by atoms with van der Waals surface area (Å²) < 4.78 is 63.5. The second-order valence-electron chi connectivity index (χ2n) is 9.12. The van der Waals surface area contributed by atoms with E-state index in [4.69, 9.17) is 19.8 Å². The third-order valence-electron chi connectivity index (χ3n) is 6.05. The maximum atomic E-state index is 10.6. The number of fused-ring (bicyclic) bond motifs is 4. The SMILES string of the molecule is C1=Cc2ncccc2Cc2ccccc21.C1=Cc2ncccc2Cc2ccccc21.O=C(O)C(F)(F)F.O=C(O)C(F)(F)F. The first-order valence-electron chi connectivity index (χ1n) is 12.8. The predicted molar refractivity (Wildman–Crippen MR) is 152 cm³/mol. The van der Waals surface area contributed by atoms with Crippen molar-refractivity contribution in [1.29, 1.82) is 0 Å². The zero-order chi connectivity index (χ0) is 32.3. The molecular weight excluding hydrogens is 590 g/mol. The third-order valence-corrected chi connectivity index (χ3v) is 6.05. The number of halogens is 6. The van der Waals surface area contributed by atoms with E-state index in [9.17, 15) is 26.3 Å². The van der Waals surface area contributed by atoms with Gasteiger partial charge in [-0.15, -0.1) is 0 Å². The van der Waals surface area contributed by atoms with E-state index in [2.05, 4.69) is 94.9 Å². The van der Waals surface area contributed by atoms with Crippen LogP contribution in [0.15, 0.2) is 85.2 Å². The molecule has 0 amide bonds. The van der Waals surface area contributed by atoms with E-state index in [1.54, 1.807) is 0 Å². The van der Waals surface area contributed by atoms with E-state index in [1.165, 1.54) is 33.4 Å². The molecule has 228 valence electrons. The minimum atomic E-state index is -5.08. The zero-order valence-electron chi connectivity index (χ0n) is 22.7. The van der Waals surface area contributed by atoms with Gasteiger partial charge in [-0.1, -0.05) is 72.8 Å². The van der Waals surface area contributed by atoms with Gasteiger partial charge in [0.1, 0.15) is 0 Å². The van der Waals surface area contributed by atoms with E-state index < -0.39 is 24.3 Å². The number of carboxylic acids is 2. The molecule has 2 heterocycles. The van der Waals surface area contributed by atoms with Gasteiger partial charge in [0, 0.05) is 25.2 Å². The van der Waals surface area contributed by atoms with Crippen LogP contribution in [-0.4, -0.2) is 44.5 Å². The first kappa shape index (κ1) is 33.2. The topological polar surface area (TPSA) is 100 Å². The van der Waals surface area contributed by atoms with E-state index in [1.807, 2.05) is 24.5 Å². The third kappa shape index (κ3) is 9.93. The molecule has 0 atom stereocenters. The Morgan fingerprint density at radius 1 is 0.523 bits per heavy atom. The summed E-state index contributed by atoms with van der Waals surface area (Å²) in [7, 11) is 0. The molecule has 2 aliphatic rings. The van der Waals surface area contributed by atoms with Gasteiger partial charge in [-0.25, -0.2) is 9.59 Å². The highest BCUT2D eigenvalue weighted by atomic mass is 19.4. The Kier molecular flexibility index (Phi) is 11.2. The summed E-state index contributed by atoms with van der Waals surface area (Å²) in [6.45, 7) is 0. The normalized spacial score (nSPS) is 12.3. The largest absolute Gasteiger partial charge is 0.490 e. The lowest BCUT2D eigenvalue weighted by Gasteiger charge is -2.04. The average Bonchev–Trinajstić information content (AvgIpc) is 3.29. The Labute approximate surface area is 247 Å². The van der Waals surface area contributed by atoms with Crippen LogP contribution >= 0.6 is 0 Å². The van der Waals surface area contributed by atoms with Gasteiger partial charge in [-0.3, -0.25) is 9.97 Å². The van der Waals surface area contributed by atoms with Gasteiger partial charge >= 0.3 is 24.3 Å². The van der Waals surface area contributed by atoms with Gasteiger partial charge in [0.2, 0.25) is 0 Å². The highest BCUT2D eigenvalue weighted by Crippen LogP contribution is 2.24. The van der Waals surface area contributed by atoms with Gasteiger partial charge in [0.05, 0.1) is 11.4 Å². The summed E-state index contributed by atoms with van der Waals surface area (Å²) in [4.78, 5) is 26.5. The molecule has 0 bridgehead atoms. The second kappa shape index (κ2) is 14.8. The molecule has 0 saturated heterocycles. The molecule has 0 spiro atoms. The lowest BCUT2D eigenvalue weighted by atomic mass is 10.0. The summed E-state index contributed by atoms with van der Waals surface area (Å²) >= 11 is 0. The minimum absolute atomic E-state index is 0.979. The van der Waals surface area contributed by atoms with Crippen LogP contribution in [0.3, 0.4) is 0 Å². The molecule has 2 aliphatic carbocycles. The fraction of sp³-hybridized carbons (Fsp3) is 0.125. The predicted octanol–water partition coefficient (Wildman–Crippen LogP) is 7.58. The smallest absolute Gasteiger partial charge is 0.475 e. The molecular formula is C32H24F6N2O4.